The molecule has 1 unspecified atom stereocenters. The van der Waals surface area contributed by atoms with Crippen LogP contribution in [0.2, 0.25) is 0 Å². The highest BCUT2D eigenvalue weighted by Crippen LogP contribution is 2.19. The number of carbonyl (C=O) groups is 2. The zero-order valence-corrected chi connectivity index (χ0v) is 10.8. The number of imide groups is 1. The van der Waals surface area contributed by atoms with Crippen LogP contribution in [0.1, 0.15) is 23.1 Å². The van der Waals surface area contributed by atoms with Gasteiger partial charge in [0.05, 0.1) is 0 Å². The number of aryl methyl sites for hydroxylation is 1. The highest BCUT2D eigenvalue weighted by molar-refractivity contribution is 7.11. The Kier molecular flexibility index (Phi) is 3.47. The molecule has 2 rings (SSSR count). The Hall–Kier alpha value is -1.36. The van der Waals surface area contributed by atoms with Gasteiger partial charge in [-0.25, -0.2) is 4.79 Å². The molecule has 1 aliphatic heterocycles. The quantitative estimate of drug-likeness (QED) is 0.893. The number of thiophene rings is 1. The van der Waals surface area contributed by atoms with Crippen molar-refractivity contribution in [2.24, 2.45) is 0 Å². The fourth-order valence-electron chi connectivity index (χ4n) is 1.99. The Morgan fingerprint density at radius 1 is 1.47 bits per heavy atom. The van der Waals surface area contributed by atoms with Crippen molar-refractivity contribution in [1.82, 2.24) is 10.2 Å². The third-order valence-electron chi connectivity index (χ3n) is 2.91. The van der Waals surface area contributed by atoms with Crippen molar-refractivity contribution in [3.05, 3.63) is 21.9 Å². The van der Waals surface area contributed by atoms with E-state index in [1.165, 1.54) is 9.75 Å². The van der Waals surface area contributed by atoms with E-state index < -0.39 is 0 Å². The summed E-state index contributed by atoms with van der Waals surface area (Å²) in [5, 5.41) is 2.35. The molecule has 2 heterocycles. The summed E-state index contributed by atoms with van der Waals surface area (Å²) in [5.41, 5.74) is 0. The van der Waals surface area contributed by atoms with E-state index in [1.807, 2.05) is 6.92 Å². The van der Waals surface area contributed by atoms with Gasteiger partial charge in [0.2, 0.25) is 5.91 Å². The molecular formula is C12H16N2O2S. The SMILES string of the molecule is Cc1ccc(CC(C)N2CCC(=O)NC2=O)s1. The molecular weight excluding hydrogens is 236 g/mol. The molecule has 17 heavy (non-hydrogen) atoms. The molecule has 1 aromatic rings. The predicted molar refractivity (Wildman–Crippen MR) is 67.1 cm³/mol. The minimum Gasteiger partial charge on any atom is -0.321 e. The van der Waals surface area contributed by atoms with Crippen LogP contribution in [0.4, 0.5) is 4.79 Å². The average Bonchev–Trinajstić information content (AvgIpc) is 2.63. The lowest BCUT2D eigenvalue weighted by atomic mass is 10.1. The summed E-state index contributed by atoms with van der Waals surface area (Å²) in [6, 6.07) is 4.05. The van der Waals surface area contributed by atoms with E-state index in [-0.39, 0.29) is 18.0 Å². The Balaban J connectivity index is 1.98. The zero-order chi connectivity index (χ0) is 12.4. The lowest BCUT2D eigenvalue weighted by Gasteiger charge is -2.31. The number of hydrogen-bond acceptors (Lipinski definition) is 3. The van der Waals surface area contributed by atoms with Gasteiger partial charge < -0.3 is 4.90 Å². The highest BCUT2D eigenvalue weighted by atomic mass is 32.1. The molecule has 5 heteroatoms. The second-order valence-electron chi connectivity index (χ2n) is 4.36. The van der Waals surface area contributed by atoms with Crippen molar-refractivity contribution in [1.29, 1.82) is 0 Å². The number of nitrogens with one attached hydrogen (secondary N) is 1. The molecule has 0 saturated carbocycles. The molecule has 1 N–H and O–H groups in total. The second-order valence-corrected chi connectivity index (χ2v) is 5.73. The van der Waals surface area contributed by atoms with Crippen LogP contribution in [0.5, 0.6) is 0 Å². The first-order chi connectivity index (χ1) is 8.06. The van der Waals surface area contributed by atoms with Gasteiger partial charge in [0.25, 0.3) is 0 Å². The normalized spacial score (nSPS) is 18.1. The van der Waals surface area contributed by atoms with Crippen LogP contribution in [0.3, 0.4) is 0 Å². The molecule has 3 amide bonds. The van der Waals surface area contributed by atoms with E-state index in [1.54, 1.807) is 16.2 Å². The molecule has 0 aliphatic carbocycles. The minimum absolute atomic E-state index is 0.126. The van der Waals surface area contributed by atoms with Gasteiger partial charge in [0.1, 0.15) is 0 Å². The molecule has 1 fully saturated rings. The molecule has 0 bridgehead atoms. The van der Waals surface area contributed by atoms with Gasteiger partial charge in [-0.2, -0.15) is 0 Å². The van der Waals surface area contributed by atoms with E-state index in [2.05, 4.69) is 24.4 Å². The van der Waals surface area contributed by atoms with Crippen LogP contribution >= 0.6 is 11.3 Å². The van der Waals surface area contributed by atoms with Crippen molar-refractivity contribution in [2.75, 3.05) is 6.54 Å². The maximum Gasteiger partial charge on any atom is 0.324 e. The zero-order valence-electron chi connectivity index (χ0n) is 10.0. The van der Waals surface area contributed by atoms with E-state index in [9.17, 15) is 9.59 Å². The minimum atomic E-state index is -0.262. The van der Waals surface area contributed by atoms with Crippen LogP contribution < -0.4 is 5.32 Å². The molecule has 0 aromatic carbocycles. The largest absolute Gasteiger partial charge is 0.324 e. The smallest absolute Gasteiger partial charge is 0.321 e. The lowest BCUT2D eigenvalue weighted by molar-refractivity contribution is -0.121. The van der Waals surface area contributed by atoms with E-state index in [0.717, 1.165) is 6.42 Å². The van der Waals surface area contributed by atoms with Crippen molar-refractivity contribution in [3.8, 4) is 0 Å². The van der Waals surface area contributed by atoms with Gasteiger partial charge in [-0.15, -0.1) is 11.3 Å². The number of nitrogens with zero attached hydrogens (tertiary/aromatic N) is 1. The summed E-state index contributed by atoms with van der Waals surface area (Å²) in [4.78, 5) is 27.0. The van der Waals surface area contributed by atoms with Crippen molar-refractivity contribution in [3.63, 3.8) is 0 Å². The Morgan fingerprint density at radius 2 is 2.24 bits per heavy atom. The number of hydrogen-bond donors (Lipinski definition) is 1. The third-order valence-corrected chi connectivity index (χ3v) is 3.93. The molecule has 4 nitrogen and oxygen atoms in total. The number of rotatable bonds is 3. The Labute approximate surface area is 105 Å². The average molecular weight is 252 g/mol. The van der Waals surface area contributed by atoms with Crippen LogP contribution in [-0.2, 0) is 11.2 Å². The molecule has 1 saturated heterocycles. The van der Waals surface area contributed by atoms with Gasteiger partial charge >= 0.3 is 6.03 Å². The molecule has 0 radical (unpaired) electrons. The predicted octanol–water partition coefficient (Wildman–Crippen LogP) is 1.93. The first-order valence-corrected chi connectivity index (χ1v) is 6.53. The number of carbonyl (C=O) groups excluding carboxylic acids is 2. The van der Waals surface area contributed by atoms with Gasteiger partial charge in [0.15, 0.2) is 0 Å². The topological polar surface area (TPSA) is 49.4 Å². The summed E-state index contributed by atoms with van der Waals surface area (Å²) in [6.07, 6.45) is 1.25. The summed E-state index contributed by atoms with van der Waals surface area (Å²) in [7, 11) is 0. The van der Waals surface area contributed by atoms with Crippen LogP contribution in [0.15, 0.2) is 12.1 Å². The van der Waals surface area contributed by atoms with Gasteiger partial charge in [-0.05, 0) is 26.0 Å². The number of urea groups is 1. The summed E-state index contributed by atoms with van der Waals surface area (Å²) in [5.74, 6) is -0.176. The molecule has 1 atom stereocenters. The monoisotopic (exact) mass is 252 g/mol. The van der Waals surface area contributed by atoms with E-state index in [0.29, 0.717) is 13.0 Å². The van der Waals surface area contributed by atoms with Crippen molar-refractivity contribution >= 4 is 23.3 Å². The highest BCUT2D eigenvalue weighted by Gasteiger charge is 2.26. The van der Waals surface area contributed by atoms with Crippen LogP contribution in [0, 0.1) is 6.92 Å². The first kappa shape index (κ1) is 12.1. The maximum absolute atomic E-state index is 11.6. The molecule has 92 valence electrons. The Morgan fingerprint density at radius 3 is 2.82 bits per heavy atom. The third kappa shape index (κ3) is 2.85. The van der Waals surface area contributed by atoms with Crippen LogP contribution in [-0.4, -0.2) is 29.4 Å². The molecule has 1 aromatic heterocycles. The van der Waals surface area contributed by atoms with Gasteiger partial charge in [-0.1, -0.05) is 0 Å². The summed E-state index contributed by atoms with van der Waals surface area (Å²) in [6.45, 7) is 4.62. The maximum atomic E-state index is 11.6. The summed E-state index contributed by atoms with van der Waals surface area (Å²) < 4.78 is 0. The van der Waals surface area contributed by atoms with Crippen LogP contribution in [0.25, 0.3) is 0 Å². The fraction of sp³-hybridized carbons (Fsp3) is 0.500. The fourth-order valence-corrected chi connectivity index (χ4v) is 3.00. The summed E-state index contributed by atoms with van der Waals surface area (Å²) >= 11 is 1.76. The van der Waals surface area contributed by atoms with Crippen molar-refractivity contribution in [2.45, 2.75) is 32.7 Å². The van der Waals surface area contributed by atoms with E-state index in [4.69, 9.17) is 0 Å². The first-order valence-electron chi connectivity index (χ1n) is 5.72. The Bertz CT molecular complexity index is 441. The van der Waals surface area contributed by atoms with Gasteiger partial charge in [0, 0.05) is 35.2 Å². The number of amides is 3. The van der Waals surface area contributed by atoms with Gasteiger partial charge in [-0.3, -0.25) is 10.1 Å². The lowest BCUT2D eigenvalue weighted by Crippen LogP contribution is -2.53. The van der Waals surface area contributed by atoms with Crippen molar-refractivity contribution < 1.29 is 9.59 Å². The standard InChI is InChI=1S/C12H16N2O2S/c1-8(7-10-4-3-9(2)17-10)14-6-5-11(15)13-12(14)16/h3-4,8H,5-7H2,1-2H3,(H,13,15,16). The van der Waals surface area contributed by atoms with E-state index >= 15 is 0 Å². The molecule has 1 aliphatic rings. The molecule has 0 spiro atoms. The second kappa shape index (κ2) is 4.87.